The molecule has 0 atom stereocenters. The van der Waals surface area contributed by atoms with Gasteiger partial charge >= 0.3 is 0 Å². The summed E-state index contributed by atoms with van der Waals surface area (Å²) in [4.78, 5) is 0. The molecule has 0 aliphatic carbocycles. The second-order valence-corrected chi connectivity index (χ2v) is 5.83. The lowest BCUT2D eigenvalue weighted by molar-refractivity contribution is 0.202. The van der Waals surface area contributed by atoms with Crippen LogP contribution in [0.4, 0.5) is 0 Å². The quantitative estimate of drug-likeness (QED) is 0.332. The Kier molecular flexibility index (Phi) is 11.1. The molecule has 0 heterocycles. The largest absolute Gasteiger partial charge is 0.0654 e. The molecule has 104 valence electrons. The molecule has 0 rings (SSSR count). The molecule has 0 radical (unpaired) electrons. The van der Waals surface area contributed by atoms with Crippen LogP contribution in [0.1, 0.15) is 105 Å². The van der Waals surface area contributed by atoms with Gasteiger partial charge in [-0.3, -0.25) is 0 Å². The van der Waals surface area contributed by atoms with E-state index < -0.39 is 0 Å². The van der Waals surface area contributed by atoms with Gasteiger partial charge in [-0.1, -0.05) is 91.9 Å². The van der Waals surface area contributed by atoms with Crippen molar-refractivity contribution in [1.82, 2.24) is 0 Å². The molecule has 0 fully saturated rings. The van der Waals surface area contributed by atoms with Crippen LogP contribution in [0.2, 0.25) is 0 Å². The van der Waals surface area contributed by atoms with Crippen LogP contribution in [0.5, 0.6) is 0 Å². The maximum atomic E-state index is 2.41. The van der Waals surface area contributed by atoms with Crippen molar-refractivity contribution in [3.8, 4) is 0 Å². The third kappa shape index (κ3) is 7.84. The van der Waals surface area contributed by atoms with E-state index in [-0.39, 0.29) is 0 Å². The minimum absolute atomic E-state index is 0.682. The van der Waals surface area contributed by atoms with Crippen LogP contribution in [0.15, 0.2) is 0 Å². The van der Waals surface area contributed by atoms with E-state index in [2.05, 4.69) is 27.7 Å². The van der Waals surface area contributed by atoms with E-state index in [1.165, 1.54) is 77.0 Å². The lowest BCUT2D eigenvalue weighted by atomic mass is 9.74. The normalized spacial score (nSPS) is 12.0. The average Bonchev–Trinajstić information content (AvgIpc) is 2.37. The molecule has 0 heteroatoms. The van der Waals surface area contributed by atoms with Crippen LogP contribution in [-0.4, -0.2) is 0 Å². The minimum Gasteiger partial charge on any atom is -0.0654 e. The van der Waals surface area contributed by atoms with Crippen LogP contribution in [0, 0.1) is 5.41 Å². The van der Waals surface area contributed by atoms with Gasteiger partial charge in [0.25, 0.3) is 0 Å². The summed E-state index contributed by atoms with van der Waals surface area (Å²) in [7, 11) is 0. The summed E-state index contributed by atoms with van der Waals surface area (Å²) in [5.74, 6) is 0. The monoisotopic (exact) mass is 240 g/mol. The van der Waals surface area contributed by atoms with Gasteiger partial charge in [0.15, 0.2) is 0 Å². The Morgan fingerprint density at radius 1 is 0.529 bits per heavy atom. The fourth-order valence-corrected chi connectivity index (χ4v) is 2.94. The van der Waals surface area contributed by atoms with Crippen molar-refractivity contribution < 1.29 is 0 Å². The van der Waals surface area contributed by atoms with E-state index in [4.69, 9.17) is 0 Å². The molecule has 0 aromatic carbocycles. The van der Waals surface area contributed by atoms with Crippen molar-refractivity contribution in [2.45, 2.75) is 105 Å². The fourth-order valence-electron chi connectivity index (χ4n) is 2.94. The molecule has 0 spiro atoms. The highest BCUT2D eigenvalue weighted by Gasteiger charge is 2.24. The van der Waals surface area contributed by atoms with Crippen molar-refractivity contribution in [1.29, 1.82) is 0 Å². The zero-order valence-electron chi connectivity index (χ0n) is 13.0. The van der Waals surface area contributed by atoms with Crippen LogP contribution < -0.4 is 0 Å². The molecule has 0 saturated carbocycles. The number of rotatable bonds is 12. The van der Waals surface area contributed by atoms with Gasteiger partial charge in [0.05, 0.1) is 0 Å². The van der Waals surface area contributed by atoms with E-state index in [0.29, 0.717) is 5.41 Å². The van der Waals surface area contributed by atoms with E-state index in [1.54, 1.807) is 0 Å². The second kappa shape index (κ2) is 11.1. The first-order valence-electron chi connectivity index (χ1n) is 8.24. The highest BCUT2D eigenvalue weighted by molar-refractivity contribution is 4.76. The SMILES string of the molecule is CCCCCCC(CC)(CC)CCCCCC. The second-order valence-electron chi connectivity index (χ2n) is 5.83. The Morgan fingerprint density at radius 2 is 0.941 bits per heavy atom. The van der Waals surface area contributed by atoms with Gasteiger partial charge in [0.1, 0.15) is 0 Å². The molecule has 0 saturated heterocycles. The molecule has 0 aromatic rings. The molecule has 0 amide bonds. The fraction of sp³-hybridized carbons (Fsp3) is 1.00. The third-order valence-electron chi connectivity index (χ3n) is 4.62. The molecule has 0 nitrogen and oxygen atoms in total. The summed E-state index contributed by atoms with van der Waals surface area (Å²) in [6, 6.07) is 0. The van der Waals surface area contributed by atoms with Gasteiger partial charge in [0, 0.05) is 0 Å². The third-order valence-corrected chi connectivity index (χ3v) is 4.62. The van der Waals surface area contributed by atoms with Crippen LogP contribution in [-0.2, 0) is 0 Å². The Morgan fingerprint density at radius 3 is 1.24 bits per heavy atom. The molecule has 17 heavy (non-hydrogen) atoms. The Balaban J connectivity index is 3.88. The lowest BCUT2D eigenvalue weighted by Gasteiger charge is -2.32. The smallest absolute Gasteiger partial charge is 0.0303 e. The van der Waals surface area contributed by atoms with E-state index in [9.17, 15) is 0 Å². The van der Waals surface area contributed by atoms with E-state index in [1.807, 2.05) is 0 Å². The average molecular weight is 240 g/mol. The standard InChI is InChI=1S/C17H36/c1-5-9-11-13-15-17(7-3,8-4)16-14-12-10-6-2/h5-16H2,1-4H3. The zero-order valence-corrected chi connectivity index (χ0v) is 13.0. The predicted molar refractivity (Wildman–Crippen MR) is 80.5 cm³/mol. The zero-order chi connectivity index (χ0) is 13.0. The van der Waals surface area contributed by atoms with Crippen molar-refractivity contribution in [2.24, 2.45) is 5.41 Å². The van der Waals surface area contributed by atoms with Gasteiger partial charge in [-0.25, -0.2) is 0 Å². The molecule has 0 aromatic heterocycles. The van der Waals surface area contributed by atoms with Gasteiger partial charge in [-0.15, -0.1) is 0 Å². The summed E-state index contributed by atoms with van der Waals surface area (Å²) in [5.41, 5.74) is 0.682. The first kappa shape index (κ1) is 17.0. The van der Waals surface area contributed by atoms with Crippen molar-refractivity contribution in [3.63, 3.8) is 0 Å². The molecular weight excluding hydrogens is 204 g/mol. The summed E-state index contributed by atoms with van der Waals surface area (Å²) in [5, 5.41) is 0. The molecule has 0 aliphatic rings. The Hall–Kier alpha value is 0. The maximum absolute atomic E-state index is 2.41. The van der Waals surface area contributed by atoms with Crippen LogP contribution >= 0.6 is 0 Å². The van der Waals surface area contributed by atoms with Gasteiger partial charge < -0.3 is 0 Å². The number of hydrogen-bond acceptors (Lipinski definition) is 0. The molecule has 0 N–H and O–H groups in total. The summed E-state index contributed by atoms with van der Waals surface area (Å²) >= 11 is 0. The van der Waals surface area contributed by atoms with Gasteiger partial charge in [-0.2, -0.15) is 0 Å². The maximum Gasteiger partial charge on any atom is -0.0303 e. The highest BCUT2D eigenvalue weighted by Crippen LogP contribution is 2.38. The topological polar surface area (TPSA) is 0 Å². The van der Waals surface area contributed by atoms with Gasteiger partial charge in [-0.05, 0) is 18.3 Å². The van der Waals surface area contributed by atoms with Crippen molar-refractivity contribution in [3.05, 3.63) is 0 Å². The number of hydrogen-bond donors (Lipinski definition) is 0. The van der Waals surface area contributed by atoms with Gasteiger partial charge in [0.2, 0.25) is 0 Å². The van der Waals surface area contributed by atoms with Crippen molar-refractivity contribution in [2.75, 3.05) is 0 Å². The summed E-state index contributed by atoms with van der Waals surface area (Å²) in [6.07, 6.45) is 17.1. The Bertz CT molecular complexity index is 130. The predicted octanol–water partition coefficient (Wildman–Crippen LogP) is 6.73. The van der Waals surface area contributed by atoms with Crippen LogP contribution in [0.25, 0.3) is 0 Å². The summed E-state index contributed by atoms with van der Waals surface area (Å²) < 4.78 is 0. The molecule has 0 bridgehead atoms. The van der Waals surface area contributed by atoms with E-state index in [0.717, 1.165) is 0 Å². The van der Waals surface area contributed by atoms with Crippen LogP contribution in [0.3, 0.4) is 0 Å². The Labute approximate surface area is 111 Å². The molecule has 0 aliphatic heterocycles. The first-order chi connectivity index (χ1) is 8.24. The lowest BCUT2D eigenvalue weighted by Crippen LogP contribution is -2.18. The summed E-state index contributed by atoms with van der Waals surface area (Å²) in [6.45, 7) is 9.42. The molecule has 0 unspecified atom stereocenters. The minimum atomic E-state index is 0.682. The highest BCUT2D eigenvalue weighted by atomic mass is 14.3. The van der Waals surface area contributed by atoms with Crippen molar-refractivity contribution >= 4 is 0 Å². The first-order valence-corrected chi connectivity index (χ1v) is 8.24. The molecular formula is C17H36. The number of unbranched alkanes of at least 4 members (excludes halogenated alkanes) is 6. The van der Waals surface area contributed by atoms with E-state index >= 15 is 0 Å².